The van der Waals surface area contributed by atoms with E-state index in [1.54, 1.807) is 0 Å². The maximum absolute atomic E-state index is 10.4. The summed E-state index contributed by atoms with van der Waals surface area (Å²) in [6, 6.07) is 9.64. The van der Waals surface area contributed by atoms with Gasteiger partial charge >= 0.3 is 0 Å². The number of halogens is 1. The van der Waals surface area contributed by atoms with Crippen molar-refractivity contribution < 1.29 is 9.84 Å². The summed E-state index contributed by atoms with van der Waals surface area (Å²) in [7, 11) is 0. The molecule has 0 amide bonds. The predicted molar refractivity (Wildman–Crippen MR) is 77.2 cm³/mol. The summed E-state index contributed by atoms with van der Waals surface area (Å²) in [6.45, 7) is 4.79. The van der Waals surface area contributed by atoms with Crippen molar-refractivity contribution >= 4 is 11.6 Å². The van der Waals surface area contributed by atoms with Crippen molar-refractivity contribution in [3.8, 4) is 0 Å². The van der Waals surface area contributed by atoms with E-state index in [9.17, 15) is 5.11 Å². The summed E-state index contributed by atoms with van der Waals surface area (Å²) in [4.78, 5) is 0. The molecule has 0 radical (unpaired) electrons. The largest absolute Gasteiger partial charge is 0.388 e. The van der Waals surface area contributed by atoms with Crippen molar-refractivity contribution in [1.82, 2.24) is 5.32 Å². The molecule has 1 heterocycles. The summed E-state index contributed by atoms with van der Waals surface area (Å²) in [5.74, 6) is 0. The van der Waals surface area contributed by atoms with E-state index in [1.807, 2.05) is 44.2 Å². The van der Waals surface area contributed by atoms with Crippen LogP contribution in [0.3, 0.4) is 0 Å². The Labute approximate surface area is 119 Å². The number of nitrogens with one attached hydrogen (secondary N) is 1. The van der Waals surface area contributed by atoms with Crippen molar-refractivity contribution in [3.05, 3.63) is 35.9 Å². The Morgan fingerprint density at radius 1 is 1.42 bits per heavy atom. The summed E-state index contributed by atoms with van der Waals surface area (Å²) in [5, 5.41) is 13.6. The zero-order valence-electron chi connectivity index (χ0n) is 11.5. The lowest BCUT2D eigenvalue weighted by Gasteiger charge is -2.36. The normalized spacial score (nSPS) is 28.8. The van der Waals surface area contributed by atoms with Gasteiger partial charge in [0.1, 0.15) is 5.72 Å². The van der Waals surface area contributed by atoms with Gasteiger partial charge in [-0.3, -0.25) is 5.32 Å². The van der Waals surface area contributed by atoms with Crippen LogP contribution in [0.2, 0.25) is 0 Å². The lowest BCUT2D eigenvalue weighted by Crippen LogP contribution is -2.51. The Bertz CT molecular complexity index is 398. The molecule has 2 N–H and O–H groups in total. The van der Waals surface area contributed by atoms with Gasteiger partial charge in [-0.1, -0.05) is 30.3 Å². The molecular formula is C15H22ClNO2. The zero-order chi connectivity index (χ0) is 13.9. The summed E-state index contributed by atoms with van der Waals surface area (Å²) in [5.41, 5.74) is 0.261. The minimum Gasteiger partial charge on any atom is -0.388 e. The molecule has 0 saturated carbocycles. The monoisotopic (exact) mass is 283 g/mol. The highest BCUT2D eigenvalue weighted by molar-refractivity contribution is 6.21. The van der Waals surface area contributed by atoms with Crippen LogP contribution in [0.15, 0.2) is 30.3 Å². The maximum atomic E-state index is 10.4. The third-order valence-electron chi connectivity index (χ3n) is 3.45. The number of benzene rings is 1. The van der Waals surface area contributed by atoms with Gasteiger partial charge in [-0.25, -0.2) is 0 Å². The average Bonchev–Trinajstić information content (AvgIpc) is 2.71. The first-order valence-corrected chi connectivity index (χ1v) is 7.27. The minimum atomic E-state index is -0.634. The molecule has 1 aromatic rings. The molecule has 3 unspecified atom stereocenters. The van der Waals surface area contributed by atoms with Crippen LogP contribution in [0.1, 0.15) is 38.4 Å². The molecule has 0 aliphatic carbocycles. The summed E-state index contributed by atoms with van der Waals surface area (Å²) >= 11 is 6.41. The van der Waals surface area contributed by atoms with Crippen molar-refractivity contribution in [2.45, 2.75) is 50.0 Å². The van der Waals surface area contributed by atoms with Crippen LogP contribution >= 0.6 is 11.6 Å². The Balaban J connectivity index is 2.12. The molecule has 19 heavy (non-hydrogen) atoms. The van der Waals surface area contributed by atoms with Crippen LogP contribution in [0.5, 0.6) is 0 Å². The maximum Gasteiger partial charge on any atom is 0.138 e. The second kappa shape index (κ2) is 6.23. The van der Waals surface area contributed by atoms with E-state index >= 15 is 0 Å². The molecule has 0 aromatic heterocycles. The minimum absolute atomic E-state index is 0.0647. The summed E-state index contributed by atoms with van der Waals surface area (Å²) in [6.07, 6.45) is 0.806. The predicted octanol–water partition coefficient (Wildman–Crippen LogP) is 2.83. The topological polar surface area (TPSA) is 41.5 Å². The van der Waals surface area contributed by atoms with Crippen LogP contribution in [0, 0.1) is 0 Å². The first-order valence-electron chi connectivity index (χ1n) is 6.83. The van der Waals surface area contributed by atoms with Gasteiger partial charge in [0, 0.05) is 6.42 Å². The molecule has 3 atom stereocenters. The van der Waals surface area contributed by atoms with E-state index < -0.39 is 11.8 Å². The highest BCUT2D eigenvalue weighted by Gasteiger charge is 2.45. The molecule has 1 fully saturated rings. The van der Waals surface area contributed by atoms with Crippen LogP contribution < -0.4 is 5.32 Å². The Kier molecular flexibility index (Phi) is 4.85. The number of aliphatic hydroxyl groups excluding tert-OH is 1. The first-order chi connectivity index (χ1) is 9.03. The lowest BCUT2D eigenvalue weighted by atomic mass is 9.97. The molecular weight excluding hydrogens is 262 g/mol. The number of ether oxygens (including phenoxy) is 1. The Morgan fingerprint density at radius 2 is 2.11 bits per heavy atom. The Hall–Kier alpha value is -0.610. The molecule has 1 saturated heterocycles. The SMILES string of the molecule is CC(C)OC1(CC(O)c2ccccc2)NCCC1Cl. The van der Waals surface area contributed by atoms with Crippen molar-refractivity contribution in [1.29, 1.82) is 0 Å². The number of rotatable bonds is 5. The van der Waals surface area contributed by atoms with Gasteiger partial charge in [0.2, 0.25) is 0 Å². The van der Waals surface area contributed by atoms with E-state index in [2.05, 4.69) is 5.32 Å². The molecule has 3 nitrogen and oxygen atoms in total. The number of hydrogen-bond acceptors (Lipinski definition) is 3. The summed E-state index contributed by atoms with van der Waals surface area (Å²) < 4.78 is 6.00. The molecule has 2 rings (SSSR count). The highest BCUT2D eigenvalue weighted by atomic mass is 35.5. The molecule has 0 spiro atoms. The van der Waals surface area contributed by atoms with Crippen molar-refractivity contribution in [3.63, 3.8) is 0 Å². The fraction of sp³-hybridized carbons (Fsp3) is 0.600. The molecule has 106 valence electrons. The smallest absolute Gasteiger partial charge is 0.138 e. The third kappa shape index (κ3) is 3.48. The van der Waals surface area contributed by atoms with E-state index in [0.717, 1.165) is 18.5 Å². The first kappa shape index (κ1) is 14.8. The molecule has 0 bridgehead atoms. The van der Waals surface area contributed by atoms with Crippen LogP contribution in [-0.2, 0) is 4.74 Å². The van der Waals surface area contributed by atoms with Gasteiger partial charge in [-0.15, -0.1) is 11.6 Å². The van der Waals surface area contributed by atoms with Crippen LogP contribution in [-0.4, -0.2) is 28.9 Å². The Morgan fingerprint density at radius 3 is 2.63 bits per heavy atom. The molecule has 1 aliphatic rings. The fourth-order valence-electron chi connectivity index (χ4n) is 2.62. The van der Waals surface area contributed by atoms with Gasteiger partial charge in [0.15, 0.2) is 0 Å². The van der Waals surface area contributed by atoms with Gasteiger partial charge in [0.25, 0.3) is 0 Å². The van der Waals surface area contributed by atoms with E-state index in [4.69, 9.17) is 16.3 Å². The quantitative estimate of drug-likeness (QED) is 0.817. The van der Waals surface area contributed by atoms with Crippen LogP contribution in [0.4, 0.5) is 0 Å². The molecule has 4 heteroatoms. The van der Waals surface area contributed by atoms with E-state index in [0.29, 0.717) is 6.42 Å². The second-order valence-corrected chi connectivity index (χ2v) is 5.90. The van der Waals surface area contributed by atoms with E-state index in [-0.39, 0.29) is 11.5 Å². The van der Waals surface area contributed by atoms with Crippen molar-refractivity contribution in [2.24, 2.45) is 0 Å². The number of hydrogen-bond donors (Lipinski definition) is 2. The van der Waals surface area contributed by atoms with Gasteiger partial charge in [-0.2, -0.15) is 0 Å². The van der Waals surface area contributed by atoms with Gasteiger partial charge < -0.3 is 9.84 Å². The number of alkyl halides is 1. The lowest BCUT2D eigenvalue weighted by molar-refractivity contribution is -0.111. The zero-order valence-corrected chi connectivity index (χ0v) is 12.2. The average molecular weight is 284 g/mol. The van der Waals surface area contributed by atoms with Crippen molar-refractivity contribution in [2.75, 3.05) is 6.54 Å². The van der Waals surface area contributed by atoms with Gasteiger partial charge in [-0.05, 0) is 32.4 Å². The standard InChI is InChI=1S/C15H22ClNO2/c1-11(2)19-15(14(16)8-9-17-15)10-13(18)12-6-4-3-5-7-12/h3-7,11,13-14,17-18H,8-10H2,1-2H3. The molecule has 1 aromatic carbocycles. The highest BCUT2D eigenvalue weighted by Crippen LogP contribution is 2.35. The second-order valence-electron chi connectivity index (χ2n) is 5.37. The fourth-order valence-corrected chi connectivity index (χ4v) is 2.95. The van der Waals surface area contributed by atoms with E-state index in [1.165, 1.54) is 0 Å². The molecule has 1 aliphatic heterocycles. The van der Waals surface area contributed by atoms with Crippen LogP contribution in [0.25, 0.3) is 0 Å². The number of aliphatic hydroxyl groups is 1. The van der Waals surface area contributed by atoms with Gasteiger partial charge in [0.05, 0.1) is 17.6 Å². The third-order valence-corrected chi connectivity index (χ3v) is 4.03.